The molecule has 0 spiro atoms. The van der Waals surface area contributed by atoms with Crippen LogP contribution in [-0.4, -0.2) is 37.0 Å². The average Bonchev–Trinajstić information content (AvgIpc) is 2.56. The molecule has 0 aliphatic carbocycles. The molecular formula is C18H19IN2O. The second-order valence-electron chi connectivity index (χ2n) is 5.57. The van der Waals surface area contributed by atoms with Gasteiger partial charge in [0.2, 0.25) is 0 Å². The summed E-state index contributed by atoms with van der Waals surface area (Å²) in [5, 5.41) is 0. The van der Waals surface area contributed by atoms with E-state index in [1.165, 1.54) is 11.3 Å². The van der Waals surface area contributed by atoms with E-state index in [1.54, 1.807) is 0 Å². The summed E-state index contributed by atoms with van der Waals surface area (Å²) in [6.07, 6.45) is 0. The lowest BCUT2D eigenvalue weighted by Crippen LogP contribution is -2.49. The first-order valence-electron chi connectivity index (χ1n) is 7.50. The molecule has 1 amide bonds. The van der Waals surface area contributed by atoms with Crippen molar-refractivity contribution in [2.75, 3.05) is 31.1 Å². The number of para-hydroxylation sites is 1. The topological polar surface area (TPSA) is 23.6 Å². The van der Waals surface area contributed by atoms with E-state index in [0.717, 1.165) is 35.3 Å². The van der Waals surface area contributed by atoms with Crippen LogP contribution in [0.2, 0.25) is 0 Å². The van der Waals surface area contributed by atoms with Crippen LogP contribution in [0.1, 0.15) is 15.9 Å². The van der Waals surface area contributed by atoms with Crippen molar-refractivity contribution in [3.63, 3.8) is 0 Å². The first-order chi connectivity index (χ1) is 10.6. The molecule has 3 nitrogen and oxygen atoms in total. The predicted molar refractivity (Wildman–Crippen MR) is 98.5 cm³/mol. The molecule has 22 heavy (non-hydrogen) atoms. The Hall–Kier alpha value is -1.56. The third-order valence-corrected chi connectivity index (χ3v) is 4.83. The van der Waals surface area contributed by atoms with Crippen molar-refractivity contribution in [2.24, 2.45) is 0 Å². The summed E-state index contributed by atoms with van der Waals surface area (Å²) >= 11 is 2.25. The van der Waals surface area contributed by atoms with Crippen molar-refractivity contribution < 1.29 is 4.79 Å². The van der Waals surface area contributed by atoms with Crippen molar-refractivity contribution in [3.05, 3.63) is 63.2 Å². The summed E-state index contributed by atoms with van der Waals surface area (Å²) in [4.78, 5) is 16.8. The van der Waals surface area contributed by atoms with Crippen molar-refractivity contribution in [2.45, 2.75) is 6.92 Å². The number of benzene rings is 2. The van der Waals surface area contributed by atoms with Gasteiger partial charge in [0.15, 0.2) is 0 Å². The molecule has 1 saturated heterocycles. The van der Waals surface area contributed by atoms with Gasteiger partial charge in [0, 0.05) is 41.0 Å². The molecule has 1 aliphatic rings. The van der Waals surface area contributed by atoms with Crippen LogP contribution in [0.15, 0.2) is 48.5 Å². The number of aryl methyl sites for hydroxylation is 1. The SMILES string of the molecule is Cc1ccccc1N1CCN(C(=O)c2ccc(I)cc2)CC1. The largest absolute Gasteiger partial charge is 0.368 e. The number of hydrogen-bond donors (Lipinski definition) is 0. The monoisotopic (exact) mass is 406 g/mol. The zero-order valence-electron chi connectivity index (χ0n) is 12.6. The Balaban J connectivity index is 1.65. The van der Waals surface area contributed by atoms with Gasteiger partial charge in [-0.1, -0.05) is 18.2 Å². The number of halogens is 1. The fraction of sp³-hybridized carbons (Fsp3) is 0.278. The van der Waals surface area contributed by atoms with Crippen LogP contribution in [-0.2, 0) is 0 Å². The fourth-order valence-electron chi connectivity index (χ4n) is 2.84. The van der Waals surface area contributed by atoms with E-state index in [1.807, 2.05) is 29.2 Å². The predicted octanol–water partition coefficient (Wildman–Crippen LogP) is 3.56. The van der Waals surface area contributed by atoms with E-state index in [-0.39, 0.29) is 5.91 Å². The lowest BCUT2D eigenvalue weighted by molar-refractivity contribution is 0.0747. The lowest BCUT2D eigenvalue weighted by atomic mass is 10.1. The lowest BCUT2D eigenvalue weighted by Gasteiger charge is -2.36. The van der Waals surface area contributed by atoms with E-state index in [2.05, 4.69) is 58.7 Å². The highest BCUT2D eigenvalue weighted by atomic mass is 127. The average molecular weight is 406 g/mol. The molecule has 1 aliphatic heterocycles. The Morgan fingerprint density at radius 3 is 2.23 bits per heavy atom. The molecule has 2 aromatic rings. The Kier molecular flexibility index (Phi) is 4.66. The summed E-state index contributed by atoms with van der Waals surface area (Å²) in [6.45, 7) is 5.47. The zero-order chi connectivity index (χ0) is 15.5. The van der Waals surface area contributed by atoms with Crippen LogP contribution in [0.4, 0.5) is 5.69 Å². The fourth-order valence-corrected chi connectivity index (χ4v) is 3.20. The van der Waals surface area contributed by atoms with Crippen LogP contribution in [0.25, 0.3) is 0 Å². The van der Waals surface area contributed by atoms with Gasteiger partial charge in [-0.25, -0.2) is 0 Å². The maximum absolute atomic E-state index is 12.5. The highest BCUT2D eigenvalue weighted by Gasteiger charge is 2.22. The van der Waals surface area contributed by atoms with Crippen molar-refractivity contribution >= 4 is 34.2 Å². The number of amides is 1. The van der Waals surface area contributed by atoms with Gasteiger partial charge in [0.05, 0.1) is 0 Å². The highest BCUT2D eigenvalue weighted by molar-refractivity contribution is 14.1. The zero-order valence-corrected chi connectivity index (χ0v) is 14.8. The normalized spacial score (nSPS) is 15.0. The van der Waals surface area contributed by atoms with Gasteiger partial charge in [-0.2, -0.15) is 0 Å². The molecule has 0 aromatic heterocycles. The molecule has 0 N–H and O–H groups in total. The first-order valence-corrected chi connectivity index (χ1v) is 8.58. The summed E-state index contributed by atoms with van der Waals surface area (Å²) in [5.74, 6) is 0.140. The molecule has 1 heterocycles. The van der Waals surface area contributed by atoms with E-state index >= 15 is 0 Å². The van der Waals surface area contributed by atoms with E-state index in [9.17, 15) is 4.79 Å². The van der Waals surface area contributed by atoms with E-state index in [0.29, 0.717) is 0 Å². The van der Waals surface area contributed by atoms with Gasteiger partial charge in [0.1, 0.15) is 0 Å². The Morgan fingerprint density at radius 2 is 1.59 bits per heavy atom. The van der Waals surface area contributed by atoms with Gasteiger partial charge in [-0.15, -0.1) is 0 Å². The quantitative estimate of drug-likeness (QED) is 0.713. The van der Waals surface area contributed by atoms with Gasteiger partial charge >= 0.3 is 0 Å². The van der Waals surface area contributed by atoms with E-state index < -0.39 is 0 Å². The van der Waals surface area contributed by atoms with Crippen LogP contribution in [0.3, 0.4) is 0 Å². The number of rotatable bonds is 2. The van der Waals surface area contributed by atoms with Crippen LogP contribution < -0.4 is 4.90 Å². The van der Waals surface area contributed by atoms with Crippen LogP contribution in [0.5, 0.6) is 0 Å². The second kappa shape index (κ2) is 6.69. The van der Waals surface area contributed by atoms with Gasteiger partial charge in [0.25, 0.3) is 5.91 Å². The number of anilines is 1. The number of nitrogens with zero attached hydrogens (tertiary/aromatic N) is 2. The molecule has 0 saturated carbocycles. The minimum Gasteiger partial charge on any atom is -0.368 e. The summed E-state index contributed by atoms with van der Waals surface area (Å²) < 4.78 is 1.15. The molecular weight excluding hydrogens is 387 g/mol. The number of piperazine rings is 1. The van der Waals surface area contributed by atoms with Crippen LogP contribution in [0, 0.1) is 10.5 Å². The molecule has 0 radical (unpaired) electrons. The number of hydrogen-bond acceptors (Lipinski definition) is 2. The molecule has 0 bridgehead atoms. The van der Waals surface area contributed by atoms with Crippen LogP contribution >= 0.6 is 22.6 Å². The second-order valence-corrected chi connectivity index (χ2v) is 6.82. The molecule has 4 heteroatoms. The molecule has 2 aromatic carbocycles. The highest BCUT2D eigenvalue weighted by Crippen LogP contribution is 2.21. The third kappa shape index (κ3) is 3.27. The van der Waals surface area contributed by atoms with Crippen molar-refractivity contribution in [3.8, 4) is 0 Å². The van der Waals surface area contributed by atoms with E-state index in [4.69, 9.17) is 0 Å². The molecule has 1 fully saturated rings. The first kappa shape index (κ1) is 15.3. The summed E-state index contributed by atoms with van der Waals surface area (Å²) in [6, 6.07) is 16.2. The summed E-state index contributed by atoms with van der Waals surface area (Å²) in [7, 11) is 0. The number of carbonyl (C=O) groups excluding carboxylic acids is 1. The van der Waals surface area contributed by atoms with Crippen molar-refractivity contribution in [1.29, 1.82) is 0 Å². The molecule has 114 valence electrons. The van der Waals surface area contributed by atoms with Gasteiger partial charge in [-0.3, -0.25) is 4.79 Å². The minimum absolute atomic E-state index is 0.140. The standard InChI is InChI=1S/C18H19IN2O/c1-14-4-2-3-5-17(14)20-10-12-21(13-11-20)18(22)15-6-8-16(19)9-7-15/h2-9H,10-13H2,1H3. The smallest absolute Gasteiger partial charge is 0.253 e. The Bertz CT molecular complexity index is 661. The maximum atomic E-state index is 12.5. The maximum Gasteiger partial charge on any atom is 0.253 e. The number of carbonyl (C=O) groups is 1. The van der Waals surface area contributed by atoms with Gasteiger partial charge < -0.3 is 9.80 Å². The Morgan fingerprint density at radius 1 is 0.955 bits per heavy atom. The van der Waals surface area contributed by atoms with Crippen molar-refractivity contribution in [1.82, 2.24) is 4.90 Å². The van der Waals surface area contributed by atoms with Gasteiger partial charge in [-0.05, 0) is 65.4 Å². The molecule has 3 rings (SSSR count). The third-order valence-electron chi connectivity index (χ3n) is 4.11. The Labute approximate surface area is 145 Å². The molecule has 0 unspecified atom stereocenters. The summed E-state index contributed by atoms with van der Waals surface area (Å²) in [5.41, 5.74) is 3.36. The minimum atomic E-state index is 0.140. The molecule has 0 atom stereocenters.